The molecule has 0 radical (unpaired) electrons. The largest absolute Gasteiger partial charge is 0.350 e. The van der Waals surface area contributed by atoms with Crippen LogP contribution in [0, 0.1) is 28.5 Å². The van der Waals surface area contributed by atoms with Gasteiger partial charge in [0.1, 0.15) is 15.9 Å². The van der Waals surface area contributed by atoms with Gasteiger partial charge in [0.15, 0.2) is 0 Å². The fourth-order valence-corrected chi connectivity index (χ4v) is 3.50. The Morgan fingerprint density at radius 2 is 1.44 bits per heavy atom. The molecule has 0 spiro atoms. The fourth-order valence-electron chi connectivity index (χ4n) is 2.40. The van der Waals surface area contributed by atoms with Gasteiger partial charge in [0.05, 0.1) is 29.2 Å². The number of hydrazine groups is 2. The average Bonchev–Trinajstić information content (AvgIpc) is 2.65. The molecule has 10 nitrogen and oxygen atoms in total. The Hall–Kier alpha value is -3.58. The Bertz CT molecular complexity index is 907. The summed E-state index contributed by atoms with van der Waals surface area (Å²) in [6.45, 7) is 0. The zero-order chi connectivity index (χ0) is 20.3. The summed E-state index contributed by atoms with van der Waals surface area (Å²) in [6.07, 6.45) is 0. The van der Waals surface area contributed by atoms with E-state index in [9.17, 15) is 24.5 Å². The molecule has 0 unspecified atom stereocenters. The van der Waals surface area contributed by atoms with Crippen molar-refractivity contribution in [3.8, 4) is 12.1 Å². The van der Waals surface area contributed by atoms with Gasteiger partial charge in [-0.05, 0) is 17.8 Å². The molecule has 0 atom stereocenters. The van der Waals surface area contributed by atoms with Gasteiger partial charge in [-0.15, -0.1) is 0 Å². The van der Waals surface area contributed by atoms with E-state index in [1.165, 1.54) is 18.2 Å². The highest BCUT2D eigenvalue weighted by atomic mass is 32.2. The van der Waals surface area contributed by atoms with Gasteiger partial charge < -0.3 is 11.5 Å². The SMILES string of the molecule is N#CC1=C(N(N)C(N)=O)SC(N(N)C(N)=O)=C(C#N)C1c1ccccc1F. The first-order valence-electron chi connectivity index (χ1n) is 7.13. The second-order valence-electron chi connectivity index (χ2n) is 5.13. The lowest BCUT2D eigenvalue weighted by molar-refractivity contribution is 0.223. The number of allylic oxidation sites excluding steroid dienone is 2. The van der Waals surface area contributed by atoms with Gasteiger partial charge in [-0.2, -0.15) is 10.5 Å². The second-order valence-corrected chi connectivity index (χ2v) is 6.11. The highest BCUT2D eigenvalue weighted by molar-refractivity contribution is 8.06. The molecule has 2 rings (SSSR count). The molecular formula is C15H13FN8O2S. The number of primary amides is 2. The maximum atomic E-state index is 14.4. The molecule has 0 aromatic heterocycles. The summed E-state index contributed by atoms with van der Waals surface area (Å²) in [4.78, 5) is 23.0. The topological polar surface area (TPSA) is 192 Å². The van der Waals surface area contributed by atoms with Crippen molar-refractivity contribution < 1.29 is 14.0 Å². The number of benzene rings is 1. The molecule has 12 heteroatoms. The molecule has 138 valence electrons. The van der Waals surface area contributed by atoms with Gasteiger partial charge in [0.2, 0.25) is 0 Å². The molecule has 1 aliphatic rings. The zero-order valence-corrected chi connectivity index (χ0v) is 14.4. The van der Waals surface area contributed by atoms with E-state index in [1.807, 2.05) is 12.1 Å². The third kappa shape index (κ3) is 3.54. The molecule has 0 saturated heterocycles. The number of thioether (sulfide) groups is 1. The maximum absolute atomic E-state index is 14.4. The third-order valence-corrected chi connectivity index (χ3v) is 4.82. The average molecular weight is 388 g/mol. The minimum Gasteiger partial charge on any atom is -0.350 e. The molecule has 1 aromatic carbocycles. The van der Waals surface area contributed by atoms with E-state index in [2.05, 4.69) is 0 Å². The van der Waals surface area contributed by atoms with Crippen molar-refractivity contribution in [2.75, 3.05) is 0 Å². The zero-order valence-electron chi connectivity index (χ0n) is 13.6. The van der Waals surface area contributed by atoms with Gasteiger partial charge in [0, 0.05) is 5.56 Å². The fraction of sp³-hybridized carbons (Fsp3) is 0.0667. The van der Waals surface area contributed by atoms with Crippen molar-refractivity contribution in [2.45, 2.75) is 5.92 Å². The summed E-state index contributed by atoms with van der Waals surface area (Å²) < 4.78 is 14.4. The lowest BCUT2D eigenvalue weighted by Crippen LogP contribution is -2.44. The van der Waals surface area contributed by atoms with Crippen LogP contribution in [0.5, 0.6) is 0 Å². The Morgan fingerprint density at radius 3 is 1.81 bits per heavy atom. The van der Waals surface area contributed by atoms with Crippen LogP contribution >= 0.6 is 11.8 Å². The summed E-state index contributed by atoms with van der Waals surface area (Å²) >= 11 is 0.566. The van der Waals surface area contributed by atoms with E-state index in [1.54, 1.807) is 0 Å². The first-order chi connectivity index (χ1) is 12.7. The predicted octanol–water partition coefficient (Wildman–Crippen LogP) is 0.635. The monoisotopic (exact) mass is 388 g/mol. The van der Waals surface area contributed by atoms with Crippen molar-refractivity contribution in [3.63, 3.8) is 0 Å². The van der Waals surface area contributed by atoms with Gasteiger partial charge in [0.25, 0.3) is 0 Å². The van der Waals surface area contributed by atoms with Gasteiger partial charge in [-0.25, -0.2) is 35.7 Å². The summed E-state index contributed by atoms with van der Waals surface area (Å²) in [5, 5.41) is 19.7. The lowest BCUT2D eigenvalue weighted by Gasteiger charge is -2.32. The predicted molar refractivity (Wildman–Crippen MR) is 93.2 cm³/mol. The van der Waals surface area contributed by atoms with E-state index >= 15 is 0 Å². The van der Waals surface area contributed by atoms with E-state index in [4.69, 9.17) is 23.2 Å². The number of nitriles is 2. The Balaban J connectivity index is 2.85. The normalized spacial score (nSPS) is 14.4. The van der Waals surface area contributed by atoms with Crippen LogP contribution in [0.2, 0.25) is 0 Å². The Labute approximate surface area is 157 Å². The van der Waals surface area contributed by atoms with Crippen LogP contribution in [0.15, 0.2) is 45.5 Å². The number of hydrogen-bond acceptors (Lipinski definition) is 7. The van der Waals surface area contributed by atoms with Crippen molar-refractivity contribution in [2.24, 2.45) is 23.2 Å². The van der Waals surface area contributed by atoms with E-state index in [0.717, 1.165) is 6.07 Å². The number of nitrogens with two attached hydrogens (primary N) is 4. The van der Waals surface area contributed by atoms with E-state index in [0.29, 0.717) is 21.8 Å². The van der Waals surface area contributed by atoms with Crippen molar-refractivity contribution in [1.29, 1.82) is 10.5 Å². The van der Waals surface area contributed by atoms with Gasteiger partial charge in [-0.3, -0.25) is 0 Å². The first kappa shape index (κ1) is 19.7. The van der Waals surface area contributed by atoms with Crippen LogP contribution in [0.1, 0.15) is 11.5 Å². The number of halogens is 1. The van der Waals surface area contributed by atoms with Gasteiger partial charge in [-0.1, -0.05) is 18.2 Å². The molecule has 27 heavy (non-hydrogen) atoms. The number of carbonyl (C=O) groups excluding carboxylic acids is 2. The molecule has 8 N–H and O–H groups in total. The van der Waals surface area contributed by atoms with Crippen molar-refractivity contribution in [3.05, 3.63) is 56.9 Å². The number of amides is 4. The first-order valence-corrected chi connectivity index (χ1v) is 7.95. The molecule has 0 saturated carbocycles. The van der Waals surface area contributed by atoms with Crippen LogP contribution in [-0.4, -0.2) is 22.1 Å². The summed E-state index contributed by atoms with van der Waals surface area (Å²) in [7, 11) is 0. The quantitative estimate of drug-likeness (QED) is 0.331. The second kappa shape index (κ2) is 7.76. The highest BCUT2D eigenvalue weighted by Gasteiger charge is 2.39. The van der Waals surface area contributed by atoms with Crippen molar-refractivity contribution >= 4 is 23.8 Å². The van der Waals surface area contributed by atoms with Crippen LogP contribution in [0.3, 0.4) is 0 Å². The summed E-state index contributed by atoms with van der Waals surface area (Å²) in [6, 6.07) is 6.77. The standard InChI is InChI=1S/C15H13FN8O2S/c16-10-4-2-1-3-7(10)11-8(5-17)12(23(21)14(19)25)27-13(9(11)6-18)24(22)15(20)26/h1-4,11H,21-22H2,(H2,19,25)(H2,20,26). The highest BCUT2D eigenvalue weighted by Crippen LogP contribution is 2.47. The molecule has 1 heterocycles. The lowest BCUT2D eigenvalue weighted by atomic mass is 9.85. The number of urea groups is 2. The van der Waals surface area contributed by atoms with Crippen LogP contribution < -0.4 is 23.2 Å². The number of nitrogens with zero attached hydrogens (tertiary/aromatic N) is 4. The molecule has 1 aromatic rings. The van der Waals surface area contributed by atoms with E-state index < -0.39 is 23.8 Å². The van der Waals surface area contributed by atoms with Crippen LogP contribution in [0.4, 0.5) is 14.0 Å². The molecule has 0 bridgehead atoms. The molecule has 1 aliphatic heterocycles. The third-order valence-electron chi connectivity index (χ3n) is 3.60. The smallest absolute Gasteiger partial charge is 0.334 e. The molecule has 0 aliphatic carbocycles. The molecular weight excluding hydrogens is 375 g/mol. The minimum absolute atomic E-state index is 0.0587. The van der Waals surface area contributed by atoms with Crippen LogP contribution in [0.25, 0.3) is 0 Å². The number of carbonyl (C=O) groups is 2. The summed E-state index contributed by atoms with van der Waals surface area (Å²) in [5.41, 5.74) is 9.82. The Morgan fingerprint density at radius 1 is 1.00 bits per heavy atom. The summed E-state index contributed by atoms with van der Waals surface area (Å²) in [5.74, 6) is 9.22. The van der Waals surface area contributed by atoms with Gasteiger partial charge >= 0.3 is 12.1 Å². The molecule has 0 fully saturated rings. The van der Waals surface area contributed by atoms with Crippen LogP contribution in [-0.2, 0) is 0 Å². The number of rotatable bonds is 3. The van der Waals surface area contributed by atoms with Crippen molar-refractivity contribution in [1.82, 2.24) is 10.0 Å². The Kier molecular flexibility index (Phi) is 5.67. The maximum Gasteiger partial charge on any atom is 0.334 e. The molecule has 4 amide bonds. The van der Waals surface area contributed by atoms with E-state index in [-0.39, 0.29) is 26.8 Å². The number of hydrogen-bond donors (Lipinski definition) is 4. The minimum atomic E-state index is -1.29.